The van der Waals surface area contributed by atoms with E-state index in [0.717, 1.165) is 21.9 Å². The number of alkyl halides is 2. The Morgan fingerprint density at radius 1 is 0.973 bits per heavy atom. The lowest BCUT2D eigenvalue weighted by Gasteiger charge is -2.17. The Kier molecular flexibility index (Phi) is 5.29. The Morgan fingerprint density at radius 3 is 2.59 bits per heavy atom. The molecule has 0 bridgehead atoms. The molecule has 186 valence electrons. The van der Waals surface area contributed by atoms with Crippen molar-refractivity contribution in [1.29, 1.82) is 0 Å². The highest BCUT2D eigenvalue weighted by atomic mass is 19.3. The number of hydrogen-bond donors (Lipinski definition) is 2. The third-order valence-electron chi connectivity index (χ3n) is 6.71. The number of hydrogen-bond acceptors (Lipinski definition) is 5. The topological polar surface area (TPSA) is 89.6 Å². The fourth-order valence-corrected chi connectivity index (χ4v) is 4.73. The van der Waals surface area contributed by atoms with Crippen LogP contribution in [0.1, 0.15) is 24.0 Å². The van der Waals surface area contributed by atoms with Crippen molar-refractivity contribution in [3.8, 4) is 22.8 Å². The van der Waals surface area contributed by atoms with Crippen LogP contribution in [0, 0.1) is 0 Å². The minimum absolute atomic E-state index is 0.0589. The first-order valence-corrected chi connectivity index (χ1v) is 11.7. The number of carbonyl (C=O) groups is 2. The Morgan fingerprint density at radius 2 is 1.78 bits per heavy atom. The molecule has 1 fully saturated rings. The van der Waals surface area contributed by atoms with Gasteiger partial charge >= 0.3 is 6.29 Å². The summed E-state index contributed by atoms with van der Waals surface area (Å²) < 4.78 is 36.0. The van der Waals surface area contributed by atoms with Crippen molar-refractivity contribution in [2.24, 2.45) is 0 Å². The molecular formula is C28H21F2N3O4. The third kappa shape index (κ3) is 4.22. The number of carbonyl (C=O) groups excluding carboxylic acids is 2. The van der Waals surface area contributed by atoms with Crippen molar-refractivity contribution < 1.29 is 27.8 Å². The lowest BCUT2D eigenvalue weighted by atomic mass is 9.94. The van der Waals surface area contributed by atoms with E-state index in [2.05, 4.69) is 20.1 Å². The van der Waals surface area contributed by atoms with Crippen LogP contribution in [0.3, 0.4) is 0 Å². The zero-order valence-electron chi connectivity index (χ0n) is 19.5. The molecule has 4 aromatic rings. The zero-order valence-corrected chi connectivity index (χ0v) is 19.5. The number of anilines is 1. The van der Waals surface area contributed by atoms with Crippen LogP contribution >= 0.6 is 0 Å². The fraction of sp³-hybridized carbons (Fsp3) is 0.179. The molecule has 2 heterocycles. The van der Waals surface area contributed by atoms with E-state index in [4.69, 9.17) is 4.98 Å². The summed E-state index contributed by atoms with van der Waals surface area (Å²) in [7, 11) is 0. The van der Waals surface area contributed by atoms with Gasteiger partial charge in [0.2, 0.25) is 12.3 Å². The maximum atomic E-state index is 13.5. The normalized spacial score (nSPS) is 16.3. The number of pyridine rings is 1. The summed E-state index contributed by atoms with van der Waals surface area (Å²) in [5, 5.41) is 7.42. The molecule has 0 unspecified atom stereocenters. The van der Waals surface area contributed by atoms with E-state index in [9.17, 15) is 18.4 Å². The minimum Gasteiger partial charge on any atom is -0.395 e. The molecule has 1 saturated carbocycles. The van der Waals surface area contributed by atoms with Gasteiger partial charge in [0.25, 0.3) is 0 Å². The summed E-state index contributed by atoms with van der Waals surface area (Å²) in [5.41, 5.74) is 2.17. The Bertz CT molecular complexity index is 1550. The van der Waals surface area contributed by atoms with Gasteiger partial charge in [0.1, 0.15) is 5.82 Å². The summed E-state index contributed by atoms with van der Waals surface area (Å²) in [4.78, 5) is 29.0. The first-order chi connectivity index (χ1) is 17.9. The van der Waals surface area contributed by atoms with Crippen LogP contribution < -0.4 is 20.1 Å². The van der Waals surface area contributed by atoms with Gasteiger partial charge in [0.15, 0.2) is 11.5 Å². The standard InChI is InChI=1S/C28H21F2N3O4/c29-28(30)36-22-9-8-20(14-23(22)37-28)27(10-11-27)26(35)33-24-13-18-5-1-2-7-21(18)25(32-24)19-6-3-4-17(12-19)15-31-16-34/h1-9,12-14,16H,10-11,15H2,(H,31,34)(H,32,33,35). The first-order valence-electron chi connectivity index (χ1n) is 11.7. The molecule has 0 radical (unpaired) electrons. The van der Waals surface area contributed by atoms with Gasteiger partial charge in [-0.3, -0.25) is 9.59 Å². The Balaban J connectivity index is 1.33. The van der Waals surface area contributed by atoms with Gasteiger partial charge in [-0.25, -0.2) is 4.98 Å². The second-order valence-electron chi connectivity index (χ2n) is 9.14. The van der Waals surface area contributed by atoms with Gasteiger partial charge in [-0.1, -0.05) is 48.5 Å². The van der Waals surface area contributed by atoms with Gasteiger partial charge in [-0.2, -0.15) is 0 Å². The molecule has 0 saturated heterocycles. The summed E-state index contributed by atoms with van der Waals surface area (Å²) in [6.07, 6.45) is -1.93. The zero-order chi connectivity index (χ0) is 25.6. The van der Waals surface area contributed by atoms with Crippen LogP contribution in [0.15, 0.2) is 72.8 Å². The highest BCUT2D eigenvalue weighted by Gasteiger charge is 2.53. The van der Waals surface area contributed by atoms with Crippen LogP contribution in [0.2, 0.25) is 0 Å². The lowest BCUT2D eigenvalue weighted by Crippen LogP contribution is -2.28. The molecule has 0 atom stereocenters. The molecule has 7 nitrogen and oxygen atoms in total. The second kappa shape index (κ2) is 8.55. The number of amides is 2. The van der Waals surface area contributed by atoms with Crippen LogP contribution in [-0.4, -0.2) is 23.6 Å². The summed E-state index contributed by atoms with van der Waals surface area (Å²) in [5.74, 6) is -0.0301. The largest absolute Gasteiger partial charge is 0.586 e. The molecule has 1 aliphatic heterocycles. The number of ether oxygens (including phenoxy) is 2. The predicted molar refractivity (Wildman–Crippen MR) is 132 cm³/mol. The highest BCUT2D eigenvalue weighted by Crippen LogP contribution is 2.52. The number of benzene rings is 3. The second-order valence-corrected chi connectivity index (χ2v) is 9.14. The molecule has 2 amide bonds. The van der Waals surface area contributed by atoms with E-state index < -0.39 is 11.7 Å². The van der Waals surface area contributed by atoms with E-state index in [1.807, 2.05) is 54.6 Å². The van der Waals surface area contributed by atoms with Crippen LogP contribution in [0.4, 0.5) is 14.6 Å². The smallest absolute Gasteiger partial charge is 0.395 e. The van der Waals surface area contributed by atoms with E-state index in [1.165, 1.54) is 12.1 Å². The molecule has 3 aromatic carbocycles. The van der Waals surface area contributed by atoms with Gasteiger partial charge in [-0.05, 0) is 53.6 Å². The molecule has 37 heavy (non-hydrogen) atoms. The van der Waals surface area contributed by atoms with Crippen molar-refractivity contribution in [2.45, 2.75) is 31.1 Å². The number of nitrogens with zero attached hydrogens (tertiary/aromatic N) is 1. The summed E-state index contributed by atoms with van der Waals surface area (Å²) in [6, 6.07) is 21.7. The maximum Gasteiger partial charge on any atom is 0.586 e. The van der Waals surface area contributed by atoms with E-state index in [0.29, 0.717) is 42.9 Å². The van der Waals surface area contributed by atoms with Crippen LogP contribution in [-0.2, 0) is 21.5 Å². The minimum atomic E-state index is -3.72. The van der Waals surface area contributed by atoms with E-state index >= 15 is 0 Å². The first kappa shape index (κ1) is 22.9. The third-order valence-corrected chi connectivity index (χ3v) is 6.71. The van der Waals surface area contributed by atoms with Gasteiger partial charge < -0.3 is 20.1 Å². The van der Waals surface area contributed by atoms with Gasteiger partial charge in [-0.15, -0.1) is 8.78 Å². The SMILES string of the molecule is O=CNCc1cccc(-c2nc(NC(=O)C3(c4ccc5c(c4)OC(F)(F)O5)CC3)cc3ccccc23)c1. The maximum absolute atomic E-state index is 13.5. The van der Waals surface area contributed by atoms with Crippen molar-refractivity contribution in [2.75, 3.05) is 5.32 Å². The molecule has 2 aliphatic rings. The van der Waals surface area contributed by atoms with Gasteiger partial charge in [0, 0.05) is 17.5 Å². The quantitative estimate of drug-likeness (QED) is 0.343. The van der Waals surface area contributed by atoms with E-state index in [-0.39, 0.29) is 17.4 Å². The van der Waals surface area contributed by atoms with Crippen molar-refractivity contribution in [3.63, 3.8) is 0 Å². The number of rotatable bonds is 7. The molecule has 2 N–H and O–H groups in total. The highest BCUT2D eigenvalue weighted by molar-refractivity contribution is 6.03. The number of halogens is 2. The van der Waals surface area contributed by atoms with Crippen molar-refractivity contribution >= 4 is 28.9 Å². The molecule has 0 spiro atoms. The number of fused-ring (bicyclic) bond motifs is 2. The molecular weight excluding hydrogens is 480 g/mol. The predicted octanol–water partition coefficient (Wildman–Crippen LogP) is 5.14. The van der Waals surface area contributed by atoms with Gasteiger partial charge in [0.05, 0.1) is 11.1 Å². The van der Waals surface area contributed by atoms with E-state index in [1.54, 1.807) is 6.07 Å². The number of aromatic nitrogens is 1. The molecule has 1 aliphatic carbocycles. The lowest BCUT2D eigenvalue weighted by molar-refractivity contribution is -0.286. The monoisotopic (exact) mass is 501 g/mol. The summed E-state index contributed by atoms with van der Waals surface area (Å²) in [6.45, 7) is 0.385. The average molecular weight is 501 g/mol. The molecule has 1 aromatic heterocycles. The average Bonchev–Trinajstić information content (AvgIpc) is 3.64. The fourth-order valence-electron chi connectivity index (χ4n) is 4.73. The van der Waals surface area contributed by atoms with Crippen molar-refractivity contribution in [1.82, 2.24) is 10.3 Å². The molecule has 6 rings (SSSR count). The van der Waals surface area contributed by atoms with Crippen LogP contribution in [0.25, 0.3) is 22.0 Å². The van der Waals surface area contributed by atoms with Crippen molar-refractivity contribution in [3.05, 3.63) is 83.9 Å². The summed E-state index contributed by atoms with van der Waals surface area (Å²) >= 11 is 0. The number of nitrogens with one attached hydrogen (secondary N) is 2. The Labute approximate surface area is 210 Å². The molecule has 9 heteroatoms. The van der Waals surface area contributed by atoms with Crippen LogP contribution in [0.5, 0.6) is 11.5 Å². The Hall–Kier alpha value is -4.53.